The summed E-state index contributed by atoms with van der Waals surface area (Å²) in [6.45, 7) is 3.40. The molecule has 2 heterocycles. The standard InChI is InChI=1S/C18H27N5O3.HI/c1-19-18(20-8-2-5-16(24)21-14-6-7-14)23-11-9-22(10-12-23)17(25)15-4-3-13-26-15;/h3-4,13-14H,2,5-12H2,1H3,(H,19,20)(H,21,24);1H. The molecule has 1 saturated carbocycles. The van der Waals surface area contributed by atoms with Gasteiger partial charge < -0.3 is 24.9 Å². The topological polar surface area (TPSA) is 90.2 Å². The number of piperazine rings is 1. The summed E-state index contributed by atoms with van der Waals surface area (Å²) in [5.41, 5.74) is 0. The summed E-state index contributed by atoms with van der Waals surface area (Å²) in [4.78, 5) is 32.2. The Hall–Kier alpha value is -1.78. The van der Waals surface area contributed by atoms with E-state index in [4.69, 9.17) is 4.42 Å². The Morgan fingerprint density at radius 3 is 2.52 bits per heavy atom. The van der Waals surface area contributed by atoms with Gasteiger partial charge in [-0.2, -0.15) is 0 Å². The van der Waals surface area contributed by atoms with Crippen LogP contribution >= 0.6 is 24.0 Å². The fourth-order valence-electron chi connectivity index (χ4n) is 2.99. The first kappa shape index (κ1) is 21.5. The van der Waals surface area contributed by atoms with Crippen LogP contribution in [0.4, 0.5) is 0 Å². The molecule has 27 heavy (non-hydrogen) atoms. The lowest BCUT2D eigenvalue weighted by Gasteiger charge is -2.36. The van der Waals surface area contributed by atoms with Crippen molar-refractivity contribution in [2.75, 3.05) is 39.8 Å². The second kappa shape index (κ2) is 10.5. The number of aliphatic imine (C=N–C) groups is 1. The average Bonchev–Trinajstić information content (AvgIpc) is 3.30. The molecule has 0 spiro atoms. The summed E-state index contributed by atoms with van der Waals surface area (Å²) < 4.78 is 5.18. The summed E-state index contributed by atoms with van der Waals surface area (Å²) in [6, 6.07) is 3.83. The molecule has 1 aromatic rings. The van der Waals surface area contributed by atoms with Crippen molar-refractivity contribution in [1.82, 2.24) is 20.4 Å². The van der Waals surface area contributed by atoms with Gasteiger partial charge in [-0.15, -0.1) is 24.0 Å². The number of carbonyl (C=O) groups is 2. The van der Waals surface area contributed by atoms with E-state index in [1.54, 1.807) is 24.1 Å². The van der Waals surface area contributed by atoms with Gasteiger partial charge in [0.1, 0.15) is 0 Å². The molecule has 1 aliphatic carbocycles. The number of amides is 2. The first-order chi connectivity index (χ1) is 12.7. The normalized spacial score (nSPS) is 17.3. The summed E-state index contributed by atoms with van der Waals surface area (Å²) in [7, 11) is 1.75. The van der Waals surface area contributed by atoms with Crippen molar-refractivity contribution in [2.45, 2.75) is 31.7 Å². The van der Waals surface area contributed by atoms with Gasteiger partial charge >= 0.3 is 0 Å². The second-order valence-corrected chi connectivity index (χ2v) is 6.68. The molecule has 8 nitrogen and oxygen atoms in total. The lowest BCUT2D eigenvalue weighted by atomic mass is 10.2. The Kier molecular flexibility index (Phi) is 8.39. The van der Waals surface area contributed by atoms with E-state index in [0.29, 0.717) is 50.9 Å². The summed E-state index contributed by atoms with van der Waals surface area (Å²) in [5, 5.41) is 6.30. The minimum absolute atomic E-state index is 0. The van der Waals surface area contributed by atoms with E-state index in [9.17, 15) is 9.59 Å². The number of halogens is 1. The van der Waals surface area contributed by atoms with Crippen LogP contribution in [0.3, 0.4) is 0 Å². The maximum Gasteiger partial charge on any atom is 0.289 e. The van der Waals surface area contributed by atoms with Crippen LogP contribution in [0.5, 0.6) is 0 Å². The zero-order valence-corrected chi connectivity index (χ0v) is 18.0. The number of hydrogen-bond acceptors (Lipinski definition) is 4. The third-order valence-corrected chi connectivity index (χ3v) is 4.62. The lowest BCUT2D eigenvalue weighted by molar-refractivity contribution is -0.121. The van der Waals surface area contributed by atoms with Crippen LogP contribution in [0.25, 0.3) is 0 Å². The molecule has 0 bridgehead atoms. The first-order valence-corrected chi connectivity index (χ1v) is 9.25. The Balaban J connectivity index is 0.00000261. The maximum absolute atomic E-state index is 12.3. The van der Waals surface area contributed by atoms with Crippen LogP contribution in [0.1, 0.15) is 36.2 Å². The average molecular weight is 489 g/mol. The molecule has 9 heteroatoms. The highest BCUT2D eigenvalue weighted by molar-refractivity contribution is 14.0. The Morgan fingerprint density at radius 1 is 1.22 bits per heavy atom. The van der Waals surface area contributed by atoms with E-state index in [0.717, 1.165) is 25.2 Å². The number of hydrogen-bond donors (Lipinski definition) is 2. The van der Waals surface area contributed by atoms with Gasteiger partial charge in [0.2, 0.25) is 5.91 Å². The molecule has 2 fully saturated rings. The van der Waals surface area contributed by atoms with E-state index in [1.807, 2.05) is 0 Å². The van der Waals surface area contributed by atoms with E-state index < -0.39 is 0 Å². The molecule has 0 unspecified atom stereocenters. The van der Waals surface area contributed by atoms with Crippen LogP contribution in [0, 0.1) is 0 Å². The number of furan rings is 1. The fourth-order valence-corrected chi connectivity index (χ4v) is 2.99. The molecule has 0 aromatic carbocycles. The lowest BCUT2D eigenvalue weighted by Crippen LogP contribution is -2.53. The Labute approximate surface area is 176 Å². The highest BCUT2D eigenvalue weighted by Gasteiger charge is 2.25. The monoisotopic (exact) mass is 489 g/mol. The van der Waals surface area contributed by atoms with Crippen LogP contribution in [-0.2, 0) is 4.79 Å². The van der Waals surface area contributed by atoms with Gasteiger partial charge in [0.25, 0.3) is 5.91 Å². The van der Waals surface area contributed by atoms with Gasteiger partial charge in [0.15, 0.2) is 11.7 Å². The van der Waals surface area contributed by atoms with Gasteiger partial charge in [-0.05, 0) is 31.4 Å². The van der Waals surface area contributed by atoms with Gasteiger partial charge in [0.05, 0.1) is 6.26 Å². The third-order valence-electron chi connectivity index (χ3n) is 4.62. The Bertz CT molecular complexity index is 637. The number of rotatable bonds is 6. The second-order valence-electron chi connectivity index (χ2n) is 6.68. The minimum Gasteiger partial charge on any atom is -0.459 e. The van der Waals surface area contributed by atoms with E-state index in [-0.39, 0.29) is 35.8 Å². The fraction of sp³-hybridized carbons (Fsp3) is 0.611. The molecular weight excluding hydrogens is 461 g/mol. The van der Waals surface area contributed by atoms with Gasteiger partial charge in [-0.25, -0.2) is 0 Å². The van der Waals surface area contributed by atoms with E-state index in [2.05, 4.69) is 20.5 Å². The zero-order valence-electron chi connectivity index (χ0n) is 15.6. The third kappa shape index (κ3) is 6.40. The van der Waals surface area contributed by atoms with Crippen LogP contribution < -0.4 is 10.6 Å². The van der Waals surface area contributed by atoms with Crippen molar-refractivity contribution in [3.05, 3.63) is 24.2 Å². The molecule has 0 radical (unpaired) electrons. The highest BCUT2D eigenvalue weighted by atomic mass is 127. The predicted molar refractivity (Wildman–Crippen MR) is 113 cm³/mol. The van der Waals surface area contributed by atoms with Gasteiger partial charge in [-0.3, -0.25) is 14.6 Å². The number of nitrogens with one attached hydrogen (secondary N) is 2. The maximum atomic E-state index is 12.3. The van der Waals surface area contributed by atoms with E-state index in [1.165, 1.54) is 6.26 Å². The zero-order chi connectivity index (χ0) is 18.4. The number of nitrogens with zero attached hydrogens (tertiary/aromatic N) is 3. The minimum atomic E-state index is -0.0701. The molecule has 1 saturated heterocycles. The van der Waals surface area contributed by atoms with Gasteiger partial charge in [-0.1, -0.05) is 0 Å². The van der Waals surface area contributed by atoms with Crippen molar-refractivity contribution in [2.24, 2.45) is 4.99 Å². The van der Waals surface area contributed by atoms with E-state index >= 15 is 0 Å². The summed E-state index contributed by atoms with van der Waals surface area (Å²) in [6.07, 6.45) is 5.05. The molecule has 150 valence electrons. The van der Waals surface area contributed by atoms with Crippen molar-refractivity contribution < 1.29 is 14.0 Å². The molecule has 2 amide bonds. The number of guanidine groups is 1. The molecule has 1 aromatic heterocycles. The molecule has 0 atom stereocenters. The molecular formula is C18H28IN5O3. The summed E-state index contributed by atoms with van der Waals surface area (Å²) in [5.74, 6) is 1.26. The van der Waals surface area contributed by atoms with Crippen molar-refractivity contribution in [1.29, 1.82) is 0 Å². The van der Waals surface area contributed by atoms with Crippen LogP contribution in [0.2, 0.25) is 0 Å². The summed E-state index contributed by atoms with van der Waals surface area (Å²) >= 11 is 0. The van der Waals surface area contributed by atoms with Gasteiger partial charge in [0, 0.05) is 52.2 Å². The smallest absolute Gasteiger partial charge is 0.289 e. The Morgan fingerprint density at radius 2 is 1.93 bits per heavy atom. The van der Waals surface area contributed by atoms with Crippen LogP contribution in [0.15, 0.2) is 27.8 Å². The molecule has 1 aliphatic heterocycles. The molecule has 3 rings (SSSR count). The van der Waals surface area contributed by atoms with Crippen LogP contribution in [-0.4, -0.2) is 73.4 Å². The predicted octanol–water partition coefficient (Wildman–Crippen LogP) is 1.29. The highest BCUT2D eigenvalue weighted by Crippen LogP contribution is 2.18. The number of carbonyl (C=O) groups excluding carboxylic acids is 2. The van der Waals surface area contributed by atoms with Crippen molar-refractivity contribution in [3.63, 3.8) is 0 Å². The quantitative estimate of drug-likeness (QED) is 0.272. The first-order valence-electron chi connectivity index (χ1n) is 9.25. The molecule has 2 N–H and O–H groups in total. The van der Waals surface area contributed by atoms with Crippen molar-refractivity contribution in [3.8, 4) is 0 Å². The van der Waals surface area contributed by atoms with Crippen molar-refractivity contribution >= 4 is 41.8 Å². The SMILES string of the molecule is CN=C(NCCCC(=O)NC1CC1)N1CCN(C(=O)c2ccco2)CC1.I. The largest absolute Gasteiger partial charge is 0.459 e. The molecule has 2 aliphatic rings.